The summed E-state index contributed by atoms with van der Waals surface area (Å²) in [6.07, 6.45) is 1.58. The highest BCUT2D eigenvalue weighted by Gasteiger charge is 2.13. The van der Waals surface area contributed by atoms with Gasteiger partial charge in [0.2, 0.25) is 11.9 Å². The second-order valence-electron chi connectivity index (χ2n) is 5.69. The summed E-state index contributed by atoms with van der Waals surface area (Å²) in [5.41, 5.74) is 13.7. The van der Waals surface area contributed by atoms with Crippen molar-refractivity contribution in [1.82, 2.24) is 15.0 Å². The number of carbonyl (C=O) groups is 1. The van der Waals surface area contributed by atoms with Crippen LogP contribution in [0.25, 0.3) is 0 Å². The Balaban J connectivity index is 1.67. The molecule has 0 aliphatic rings. The van der Waals surface area contributed by atoms with Crippen molar-refractivity contribution < 1.29 is 9.53 Å². The molecule has 0 saturated carbocycles. The SMILES string of the molecule is Nc1nc(N)nc(COC(=O)c2ccccc2CCc2ccccc2)n1. The number of rotatable bonds is 6. The first-order valence-electron chi connectivity index (χ1n) is 8.16. The van der Waals surface area contributed by atoms with Gasteiger partial charge in [-0.15, -0.1) is 0 Å². The fraction of sp³-hybridized carbons (Fsp3) is 0.158. The van der Waals surface area contributed by atoms with E-state index in [-0.39, 0.29) is 24.3 Å². The number of benzene rings is 2. The van der Waals surface area contributed by atoms with Crippen LogP contribution in [0.1, 0.15) is 27.3 Å². The van der Waals surface area contributed by atoms with Crippen molar-refractivity contribution in [1.29, 1.82) is 0 Å². The first-order valence-corrected chi connectivity index (χ1v) is 8.16. The van der Waals surface area contributed by atoms with Crippen LogP contribution in [0.4, 0.5) is 11.9 Å². The van der Waals surface area contributed by atoms with E-state index in [1.54, 1.807) is 6.07 Å². The quantitative estimate of drug-likeness (QED) is 0.655. The zero-order chi connectivity index (χ0) is 18.4. The molecule has 0 bridgehead atoms. The highest BCUT2D eigenvalue weighted by molar-refractivity contribution is 5.91. The predicted molar refractivity (Wildman–Crippen MR) is 98.1 cm³/mol. The normalized spacial score (nSPS) is 10.5. The molecule has 132 valence electrons. The molecule has 3 aromatic rings. The Bertz CT molecular complexity index is 879. The van der Waals surface area contributed by atoms with Crippen LogP contribution in [0.2, 0.25) is 0 Å². The number of nitrogens with two attached hydrogens (primary N) is 2. The minimum atomic E-state index is -0.439. The maximum Gasteiger partial charge on any atom is 0.338 e. The summed E-state index contributed by atoms with van der Waals surface area (Å²) in [7, 11) is 0. The van der Waals surface area contributed by atoms with E-state index >= 15 is 0 Å². The van der Waals surface area contributed by atoms with Crippen LogP contribution in [0.5, 0.6) is 0 Å². The molecule has 1 aromatic heterocycles. The van der Waals surface area contributed by atoms with Gasteiger partial charge in [-0.05, 0) is 30.0 Å². The zero-order valence-corrected chi connectivity index (χ0v) is 14.1. The van der Waals surface area contributed by atoms with Crippen molar-refractivity contribution in [2.24, 2.45) is 0 Å². The first kappa shape index (κ1) is 17.3. The number of nitrogens with zero attached hydrogens (tertiary/aromatic N) is 3. The van der Waals surface area contributed by atoms with Crippen molar-refractivity contribution in [2.75, 3.05) is 11.5 Å². The minimum absolute atomic E-state index is 0.00758. The lowest BCUT2D eigenvalue weighted by molar-refractivity contribution is 0.0461. The van der Waals surface area contributed by atoms with Gasteiger partial charge < -0.3 is 16.2 Å². The molecule has 26 heavy (non-hydrogen) atoms. The molecule has 0 radical (unpaired) electrons. The van der Waals surface area contributed by atoms with Gasteiger partial charge in [0.05, 0.1) is 5.56 Å². The number of ether oxygens (including phenoxy) is 1. The lowest BCUT2D eigenvalue weighted by Gasteiger charge is -2.10. The van der Waals surface area contributed by atoms with Crippen molar-refractivity contribution in [3.8, 4) is 0 Å². The van der Waals surface area contributed by atoms with Gasteiger partial charge in [0.25, 0.3) is 0 Å². The Hall–Kier alpha value is -3.48. The van der Waals surface area contributed by atoms with Crippen molar-refractivity contribution in [3.05, 3.63) is 77.1 Å². The molecule has 0 fully saturated rings. The Morgan fingerprint density at radius 1 is 0.846 bits per heavy atom. The second-order valence-corrected chi connectivity index (χ2v) is 5.69. The first-order chi connectivity index (χ1) is 12.6. The fourth-order valence-corrected chi connectivity index (χ4v) is 2.59. The molecule has 0 aliphatic carbocycles. The number of anilines is 2. The van der Waals surface area contributed by atoms with Crippen LogP contribution in [-0.2, 0) is 24.2 Å². The molecule has 4 N–H and O–H groups in total. The summed E-state index contributed by atoms with van der Waals surface area (Å²) in [6.45, 7) is -0.122. The maximum absolute atomic E-state index is 12.5. The summed E-state index contributed by atoms with van der Waals surface area (Å²) in [6, 6.07) is 17.5. The van der Waals surface area contributed by atoms with E-state index in [0.717, 1.165) is 18.4 Å². The van der Waals surface area contributed by atoms with E-state index in [1.807, 2.05) is 36.4 Å². The third kappa shape index (κ3) is 4.54. The van der Waals surface area contributed by atoms with Crippen LogP contribution in [0.15, 0.2) is 54.6 Å². The third-order valence-electron chi connectivity index (χ3n) is 3.81. The van der Waals surface area contributed by atoms with Gasteiger partial charge in [-0.25, -0.2) is 4.79 Å². The minimum Gasteiger partial charge on any atom is -0.454 e. The van der Waals surface area contributed by atoms with Crippen LogP contribution in [0.3, 0.4) is 0 Å². The smallest absolute Gasteiger partial charge is 0.338 e. The molecule has 7 nitrogen and oxygen atoms in total. The van der Waals surface area contributed by atoms with E-state index in [0.29, 0.717) is 5.56 Å². The standard InChI is InChI=1S/C19H19N5O2/c20-18-22-16(23-19(21)24-18)12-26-17(25)15-9-5-4-8-14(15)11-10-13-6-2-1-3-7-13/h1-9H,10-12H2,(H4,20,21,22,23,24). The zero-order valence-electron chi connectivity index (χ0n) is 14.1. The van der Waals surface area contributed by atoms with Gasteiger partial charge in [0.15, 0.2) is 12.4 Å². The average Bonchev–Trinajstić information content (AvgIpc) is 2.65. The molecule has 0 amide bonds. The van der Waals surface area contributed by atoms with Gasteiger partial charge in [-0.3, -0.25) is 0 Å². The van der Waals surface area contributed by atoms with Crippen LogP contribution < -0.4 is 11.5 Å². The Labute approximate surface area is 151 Å². The molecule has 7 heteroatoms. The number of hydrogen-bond acceptors (Lipinski definition) is 7. The molecule has 0 unspecified atom stereocenters. The monoisotopic (exact) mass is 349 g/mol. The topological polar surface area (TPSA) is 117 Å². The van der Waals surface area contributed by atoms with Crippen LogP contribution in [-0.4, -0.2) is 20.9 Å². The second kappa shape index (κ2) is 8.06. The number of esters is 1. The highest BCUT2D eigenvalue weighted by Crippen LogP contribution is 2.15. The third-order valence-corrected chi connectivity index (χ3v) is 3.81. The van der Waals surface area contributed by atoms with Crippen molar-refractivity contribution in [3.63, 3.8) is 0 Å². The molecule has 3 rings (SSSR count). The highest BCUT2D eigenvalue weighted by atomic mass is 16.5. The van der Waals surface area contributed by atoms with Crippen molar-refractivity contribution >= 4 is 17.9 Å². The van der Waals surface area contributed by atoms with E-state index in [1.165, 1.54) is 5.56 Å². The molecule has 0 saturated heterocycles. The number of carbonyl (C=O) groups excluding carboxylic acids is 1. The number of hydrogen-bond donors (Lipinski definition) is 2. The van der Waals surface area contributed by atoms with E-state index in [2.05, 4.69) is 27.1 Å². The average molecular weight is 349 g/mol. The molecule has 0 atom stereocenters. The predicted octanol–water partition coefficient (Wildman–Crippen LogP) is 2.18. The van der Waals surface area contributed by atoms with Crippen LogP contribution in [0, 0.1) is 0 Å². The molecule has 0 spiro atoms. The fourth-order valence-electron chi connectivity index (χ4n) is 2.59. The van der Waals surface area contributed by atoms with E-state index in [4.69, 9.17) is 16.2 Å². The van der Waals surface area contributed by atoms with E-state index < -0.39 is 5.97 Å². The van der Waals surface area contributed by atoms with Gasteiger partial charge in [0, 0.05) is 0 Å². The number of aromatic nitrogens is 3. The van der Waals surface area contributed by atoms with E-state index in [9.17, 15) is 4.79 Å². The summed E-state index contributed by atoms with van der Waals surface area (Å²) >= 11 is 0. The molecule has 2 aromatic carbocycles. The number of nitrogen functional groups attached to an aromatic ring is 2. The Morgan fingerprint density at radius 3 is 2.23 bits per heavy atom. The Kier molecular flexibility index (Phi) is 5.38. The van der Waals surface area contributed by atoms with Gasteiger partial charge >= 0.3 is 5.97 Å². The summed E-state index contributed by atoms with van der Waals surface area (Å²) < 4.78 is 5.31. The molecule has 1 heterocycles. The molecular weight excluding hydrogens is 330 g/mol. The van der Waals surface area contributed by atoms with Crippen molar-refractivity contribution in [2.45, 2.75) is 19.4 Å². The van der Waals surface area contributed by atoms with Crippen LogP contribution >= 0.6 is 0 Å². The summed E-state index contributed by atoms with van der Waals surface area (Å²) in [4.78, 5) is 23.9. The molecule has 0 aliphatic heterocycles. The Morgan fingerprint density at radius 2 is 1.50 bits per heavy atom. The van der Waals surface area contributed by atoms with Gasteiger partial charge in [0.1, 0.15) is 0 Å². The maximum atomic E-state index is 12.5. The summed E-state index contributed by atoms with van der Waals surface area (Å²) in [5.74, 6) is -0.241. The lowest BCUT2D eigenvalue weighted by Crippen LogP contribution is -2.12. The molecular formula is C19H19N5O2. The summed E-state index contributed by atoms with van der Waals surface area (Å²) in [5, 5.41) is 0. The van der Waals surface area contributed by atoms with Gasteiger partial charge in [-0.1, -0.05) is 48.5 Å². The largest absolute Gasteiger partial charge is 0.454 e. The van der Waals surface area contributed by atoms with Gasteiger partial charge in [-0.2, -0.15) is 15.0 Å². The lowest BCUT2D eigenvalue weighted by atomic mass is 10.00. The number of aryl methyl sites for hydroxylation is 2.